The summed E-state index contributed by atoms with van der Waals surface area (Å²) >= 11 is 3.66. The van der Waals surface area contributed by atoms with Crippen LogP contribution >= 0.6 is 23.1 Å². The Morgan fingerprint density at radius 2 is 2.29 bits per heavy atom. The lowest BCUT2D eigenvalue weighted by atomic mass is 10.0. The monoisotopic (exact) mass is 324 g/mol. The van der Waals surface area contributed by atoms with Crippen molar-refractivity contribution in [3.63, 3.8) is 0 Å². The van der Waals surface area contributed by atoms with Crippen LogP contribution in [0.5, 0.6) is 0 Å². The minimum atomic E-state index is -0.842. The van der Waals surface area contributed by atoms with E-state index in [1.807, 2.05) is 18.7 Å². The van der Waals surface area contributed by atoms with Crippen molar-refractivity contribution in [2.45, 2.75) is 32.1 Å². The predicted octanol–water partition coefficient (Wildman–Crippen LogP) is 2.47. The zero-order valence-electron chi connectivity index (χ0n) is 11.8. The molecule has 2 unspecified atom stereocenters. The lowest BCUT2D eigenvalue weighted by molar-refractivity contribution is -0.142. The van der Waals surface area contributed by atoms with Gasteiger partial charge in [0.05, 0.1) is 16.8 Å². The second kappa shape index (κ2) is 5.76. The van der Waals surface area contributed by atoms with Gasteiger partial charge in [-0.05, 0) is 48.1 Å². The summed E-state index contributed by atoms with van der Waals surface area (Å²) < 4.78 is 1.63. The Hall–Kier alpha value is -1.41. The van der Waals surface area contributed by atoms with Gasteiger partial charge in [0.1, 0.15) is 0 Å². The van der Waals surface area contributed by atoms with Crippen LogP contribution in [0.2, 0.25) is 0 Å². The number of nitrogens with zero attached hydrogens (tertiary/aromatic N) is 4. The lowest BCUT2D eigenvalue weighted by Gasteiger charge is -2.16. The van der Waals surface area contributed by atoms with Gasteiger partial charge in [-0.15, -0.1) is 16.4 Å². The van der Waals surface area contributed by atoms with Crippen molar-refractivity contribution in [2.75, 3.05) is 5.75 Å². The number of fused-ring (bicyclic) bond motifs is 1. The molecule has 0 amide bonds. The second-order valence-corrected chi connectivity index (χ2v) is 7.42. The number of carbonyl (C=O) groups is 1. The summed E-state index contributed by atoms with van der Waals surface area (Å²) in [6.45, 7) is 3.51. The Morgan fingerprint density at radius 3 is 3.00 bits per heavy atom. The molecule has 0 saturated carbocycles. The van der Waals surface area contributed by atoms with Crippen LogP contribution in [0.15, 0.2) is 6.07 Å². The van der Waals surface area contributed by atoms with E-state index in [0.717, 1.165) is 22.8 Å². The quantitative estimate of drug-likeness (QED) is 0.930. The molecule has 0 spiro atoms. The molecule has 112 valence electrons. The van der Waals surface area contributed by atoms with Crippen molar-refractivity contribution in [1.29, 1.82) is 0 Å². The van der Waals surface area contributed by atoms with Gasteiger partial charge in [-0.25, -0.2) is 4.68 Å². The molecule has 0 saturated heterocycles. The van der Waals surface area contributed by atoms with Gasteiger partial charge in [-0.3, -0.25) is 4.79 Å². The molecule has 1 aliphatic rings. The number of hydrogen-bond acceptors (Lipinski definition) is 6. The number of carboxylic acids is 1. The van der Waals surface area contributed by atoms with Gasteiger partial charge in [0, 0.05) is 10.6 Å². The van der Waals surface area contributed by atoms with E-state index in [1.54, 1.807) is 22.9 Å². The molecular formula is C13H16N4O2S2. The van der Waals surface area contributed by atoms with Gasteiger partial charge in [0.2, 0.25) is 0 Å². The number of tetrazole rings is 1. The molecule has 2 aromatic rings. The maximum Gasteiger partial charge on any atom is 0.308 e. The predicted molar refractivity (Wildman–Crippen MR) is 82.5 cm³/mol. The fraction of sp³-hybridized carbons (Fsp3) is 0.538. The minimum Gasteiger partial charge on any atom is -0.481 e. The van der Waals surface area contributed by atoms with Crippen LogP contribution in [0.1, 0.15) is 30.3 Å². The topological polar surface area (TPSA) is 80.9 Å². The van der Waals surface area contributed by atoms with E-state index in [4.69, 9.17) is 5.11 Å². The Kier molecular flexibility index (Phi) is 3.99. The number of thiophene rings is 1. The molecule has 2 atom stereocenters. The third-order valence-corrected chi connectivity index (χ3v) is 6.08. The van der Waals surface area contributed by atoms with Gasteiger partial charge >= 0.3 is 5.97 Å². The van der Waals surface area contributed by atoms with Crippen LogP contribution in [-0.2, 0) is 17.0 Å². The highest BCUT2D eigenvalue weighted by Crippen LogP contribution is 2.37. The third-order valence-electron chi connectivity index (χ3n) is 3.84. The zero-order chi connectivity index (χ0) is 15.0. The molecule has 3 rings (SSSR count). The van der Waals surface area contributed by atoms with Crippen molar-refractivity contribution in [2.24, 2.45) is 5.92 Å². The van der Waals surface area contributed by atoms with Crippen molar-refractivity contribution in [1.82, 2.24) is 20.2 Å². The fourth-order valence-electron chi connectivity index (χ4n) is 2.31. The molecule has 0 bridgehead atoms. The first-order chi connectivity index (χ1) is 10.1. The highest BCUT2D eigenvalue weighted by atomic mass is 32.2. The molecule has 0 aliphatic carbocycles. The van der Waals surface area contributed by atoms with E-state index in [9.17, 15) is 4.79 Å². The number of aromatic nitrogens is 4. The molecule has 0 radical (unpaired) electrons. The van der Waals surface area contributed by atoms with Crippen molar-refractivity contribution in [3.05, 3.63) is 16.5 Å². The van der Waals surface area contributed by atoms with Crippen LogP contribution < -0.4 is 0 Å². The maximum absolute atomic E-state index is 11.2. The maximum atomic E-state index is 11.2. The Balaban J connectivity index is 1.95. The summed E-state index contributed by atoms with van der Waals surface area (Å²) in [5.41, 5.74) is 1.36. The lowest BCUT2D eigenvalue weighted by Crippen LogP contribution is -2.23. The van der Waals surface area contributed by atoms with Gasteiger partial charge < -0.3 is 5.11 Å². The Labute approximate surface area is 130 Å². The molecule has 0 fully saturated rings. The van der Waals surface area contributed by atoms with Crippen LogP contribution in [0.4, 0.5) is 0 Å². The molecule has 0 aromatic carbocycles. The summed E-state index contributed by atoms with van der Waals surface area (Å²) in [5, 5.41) is 21.0. The summed E-state index contributed by atoms with van der Waals surface area (Å²) in [5.74, 6) is 1.47. The molecule has 1 N–H and O–H groups in total. The first-order valence-corrected chi connectivity index (χ1v) is 8.75. The summed E-state index contributed by atoms with van der Waals surface area (Å²) in [4.78, 5) is 13.6. The second-order valence-electron chi connectivity index (χ2n) is 5.18. The van der Waals surface area contributed by atoms with Crippen molar-refractivity contribution in [3.8, 4) is 10.7 Å². The molecule has 2 aromatic heterocycles. The minimum absolute atomic E-state index is 0.291. The Morgan fingerprint density at radius 1 is 1.48 bits per heavy atom. The van der Waals surface area contributed by atoms with Crippen LogP contribution in [0.3, 0.4) is 0 Å². The smallest absolute Gasteiger partial charge is 0.308 e. The summed E-state index contributed by atoms with van der Waals surface area (Å²) in [7, 11) is 0. The van der Waals surface area contributed by atoms with E-state index in [1.165, 1.54) is 10.4 Å². The summed E-state index contributed by atoms with van der Waals surface area (Å²) in [6, 6.07) is 1.85. The highest BCUT2D eigenvalue weighted by molar-refractivity contribution is 7.98. The molecule has 21 heavy (non-hydrogen) atoms. The van der Waals surface area contributed by atoms with Gasteiger partial charge in [0.25, 0.3) is 0 Å². The van der Waals surface area contributed by atoms with E-state index in [2.05, 4.69) is 21.6 Å². The highest BCUT2D eigenvalue weighted by Gasteiger charge is 2.26. The number of hydrogen-bond donors (Lipinski definition) is 1. The number of aliphatic carboxylic acids is 1. The van der Waals surface area contributed by atoms with Crippen molar-refractivity contribution < 1.29 is 9.90 Å². The molecule has 8 heteroatoms. The largest absolute Gasteiger partial charge is 0.481 e. The molecular weight excluding hydrogens is 308 g/mol. The number of aryl methyl sites for hydroxylation is 1. The number of rotatable bonds is 4. The third kappa shape index (κ3) is 2.69. The van der Waals surface area contributed by atoms with Crippen LogP contribution in [0.25, 0.3) is 10.7 Å². The van der Waals surface area contributed by atoms with Crippen molar-refractivity contribution >= 4 is 29.1 Å². The number of carboxylic acid groups (broad SMARTS) is 1. The average molecular weight is 324 g/mol. The van der Waals surface area contributed by atoms with E-state index < -0.39 is 11.9 Å². The zero-order valence-corrected chi connectivity index (χ0v) is 13.4. The first-order valence-electron chi connectivity index (χ1n) is 6.78. The normalized spacial score (nSPS) is 17.2. The average Bonchev–Trinajstić information content (AvgIpc) is 3.11. The first kappa shape index (κ1) is 14.5. The SMILES string of the molecule is CC(C(=O)O)C(C)n1nnnc1-c1cc2c(s1)CCSC2. The van der Waals surface area contributed by atoms with Gasteiger partial charge in [-0.1, -0.05) is 0 Å². The van der Waals surface area contributed by atoms with Crippen LogP contribution in [-0.4, -0.2) is 37.0 Å². The van der Waals surface area contributed by atoms with Crippen LogP contribution in [0, 0.1) is 5.92 Å². The van der Waals surface area contributed by atoms with E-state index in [0.29, 0.717) is 5.82 Å². The van der Waals surface area contributed by atoms with Gasteiger partial charge in [0.15, 0.2) is 5.82 Å². The van der Waals surface area contributed by atoms with E-state index >= 15 is 0 Å². The molecule has 3 heterocycles. The molecule has 6 nitrogen and oxygen atoms in total. The number of thioether (sulfide) groups is 1. The fourth-order valence-corrected chi connectivity index (χ4v) is 4.66. The van der Waals surface area contributed by atoms with E-state index in [-0.39, 0.29) is 6.04 Å². The summed E-state index contributed by atoms with van der Waals surface area (Å²) in [6.07, 6.45) is 1.09. The molecule has 1 aliphatic heterocycles. The van der Waals surface area contributed by atoms with Gasteiger partial charge in [-0.2, -0.15) is 11.8 Å². The standard InChI is InChI=1S/C13H16N4O2S2/c1-7(13(18)19)8(2)17-12(14-15-16-17)11-5-9-6-20-4-3-10(9)21-11/h5,7-8H,3-4,6H2,1-2H3,(H,18,19). The Bertz CT molecular complexity index is 643.